The minimum Gasteiger partial charge on any atom is -0.307 e. The highest BCUT2D eigenvalue weighted by Crippen LogP contribution is 2.22. The van der Waals surface area contributed by atoms with Crippen LogP contribution in [0.5, 0.6) is 0 Å². The van der Waals surface area contributed by atoms with E-state index in [4.69, 9.17) is 0 Å². The van der Waals surface area contributed by atoms with Crippen molar-refractivity contribution in [3.05, 3.63) is 67.8 Å². The second-order valence-corrected chi connectivity index (χ2v) is 6.96. The number of rotatable bonds is 4. The number of ketones is 1. The lowest BCUT2D eigenvalue weighted by atomic mass is 10.1. The van der Waals surface area contributed by atoms with Gasteiger partial charge in [-0.3, -0.25) is 14.2 Å². The number of aryl methyl sites for hydroxylation is 1. The predicted octanol–water partition coefficient (Wildman–Crippen LogP) is 3.36. The van der Waals surface area contributed by atoms with Crippen LogP contribution in [0, 0.1) is 13.8 Å². The molecule has 23 heavy (non-hydrogen) atoms. The molecule has 3 aromatic rings. The summed E-state index contributed by atoms with van der Waals surface area (Å²) in [5.41, 5.74) is 2.20. The van der Waals surface area contributed by atoms with Crippen LogP contribution in [-0.4, -0.2) is 19.9 Å². The number of pyridine rings is 1. The van der Waals surface area contributed by atoms with Crippen molar-refractivity contribution in [2.24, 2.45) is 0 Å². The van der Waals surface area contributed by atoms with E-state index in [0.717, 1.165) is 21.0 Å². The van der Waals surface area contributed by atoms with Crippen LogP contribution in [-0.2, 0) is 6.54 Å². The third kappa shape index (κ3) is 3.07. The summed E-state index contributed by atoms with van der Waals surface area (Å²) in [7, 11) is 0. The highest BCUT2D eigenvalue weighted by molar-refractivity contribution is 9.10. The van der Waals surface area contributed by atoms with Gasteiger partial charge in [-0.1, -0.05) is 0 Å². The van der Waals surface area contributed by atoms with E-state index in [-0.39, 0.29) is 17.9 Å². The molecule has 0 fully saturated rings. The van der Waals surface area contributed by atoms with Crippen molar-refractivity contribution in [3.63, 3.8) is 0 Å². The molecule has 7 heteroatoms. The summed E-state index contributed by atoms with van der Waals surface area (Å²) in [4.78, 5) is 28.8. The Kier molecular flexibility index (Phi) is 4.32. The van der Waals surface area contributed by atoms with Gasteiger partial charge in [0.1, 0.15) is 0 Å². The van der Waals surface area contributed by atoms with E-state index >= 15 is 0 Å². The van der Waals surface area contributed by atoms with Crippen LogP contribution in [0.15, 0.2) is 45.2 Å². The largest absolute Gasteiger partial charge is 0.307 e. The maximum absolute atomic E-state index is 12.6. The van der Waals surface area contributed by atoms with Crippen molar-refractivity contribution in [3.8, 4) is 5.13 Å². The van der Waals surface area contributed by atoms with E-state index in [1.54, 1.807) is 18.5 Å². The van der Waals surface area contributed by atoms with Crippen LogP contribution in [0.3, 0.4) is 0 Å². The average Bonchev–Trinajstić information content (AvgIpc) is 3.11. The number of Topliss-reactive ketones (excluding diaryl/α,β-unsaturated/α-hetero) is 1. The van der Waals surface area contributed by atoms with E-state index in [1.807, 2.05) is 29.9 Å². The highest BCUT2D eigenvalue weighted by atomic mass is 79.9. The molecular weight excluding hydrogens is 378 g/mol. The van der Waals surface area contributed by atoms with Gasteiger partial charge in [0.25, 0.3) is 5.56 Å². The van der Waals surface area contributed by atoms with Crippen molar-refractivity contribution in [1.29, 1.82) is 0 Å². The summed E-state index contributed by atoms with van der Waals surface area (Å²) in [5.74, 6) is -0.0962. The van der Waals surface area contributed by atoms with Crippen LogP contribution in [0.1, 0.15) is 21.7 Å². The zero-order valence-electron chi connectivity index (χ0n) is 12.6. The van der Waals surface area contributed by atoms with Crippen molar-refractivity contribution < 1.29 is 4.79 Å². The Morgan fingerprint density at radius 1 is 1.35 bits per heavy atom. The first-order valence-electron chi connectivity index (χ1n) is 6.95. The molecule has 0 N–H and O–H groups in total. The molecule has 0 saturated carbocycles. The molecule has 0 spiro atoms. The van der Waals surface area contributed by atoms with Crippen LogP contribution in [0.4, 0.5) is 0 Å². The Morgan fingerprint density at radius 2 is 2.13 bits per heavy atom. The number of halogens is 1. The number of nitrogens with zero attached hydrogens (tertiary/aromatic N) is 3. The Balaban J connectivity index is 1.96. The molecule has 0 saturated heterocycles. The van der Waals surface area contributed by atoms with Gasteiger partial charge in [-0.2, -0.15) is 0 Å². The zero-order chi connectivity index (χ0) is 16.6. The van der Waals surface area contributed by atoms with Crippen molar-refractivity contribution in [2.45, 2.75) is 20.4 Å². The second kappa shape index (κ2) is 6.25. The average molecular weight is 392 g/mol. The third-order valence-electron chi connectivity index (χ3n) is 3.60. The van der Waals surface area contributed by atoms with Crippen molar-refractivity contribution in [1.82, 2.24) is 14.1 Å². The van der Waals surface area contributed by atoms with Crippen LogP contribution in [0.2, 0.25) is 0 Å². The van der Waals surface area contributed by atoms with Crippen LogP contribution >= 0.6 is 27.3 Å². The first kappa shape index (κ1) is 15.9. The summed E-state index contributed by atoms with van der Waals surface area (Å²) in [5, 5.41) is 2.73. The number of carbonyl (C=O) groups is 1. The van der Waals surface area contributed by atoms with E-state index in [0.29, 0.717) is 5.56 Å². The maximum atomic E-state index is 12.6. The molecule has 0 atom stereocenters. The van der Waals surface area contributed by atoms with E-state index in [9.17, 15) is 9.59 Å². The highest BCUT2D eigenvalue weighted by Gasteiger charge is 2.18. The fourth-order valence-corrected chi connectivity index (χ4v) is 3.66. The minimum atomic E-state index is -0.199. The molecule has 0 bridgehead atoms. The first-order valence-corrected chi connectivity index (χ1v) is 8.62. The van der Waals surface area contributed by atoms with Gasteiger partial charge in [0.15, 0.2) is 10.9 Å². The van der Waals surface area contributed by atoms with Gasteiger partial charge >= 0.3 is 0 Å². The van der Waals surface area contributed by atoms with Gasteiger partial charge in [-0.05, 0) is 41.9 Å². The molecule has 0 amide bonds. The Morgan fingerprint density at radius 3 is 2.83 bits per heavy atom. The minimum absolute atomic E-state index is 0.0143. The topological polar surface area (TPSA) is 56.9 Å². The van der Waals surface area contributed by atoms with Gasteiger partial charge in [0.05, 0.1) is 6.54 Å². The fourth-order valence-electron chi connectivity index (χ4n) is 2.53. The molecular formula is C16H14BrN3O2S. The Hall–Kier alpha value is -1.99. The summed E-state index contributed by atoms with van der Waals surface area (Å²) in [6.45, 7) is 3.85. The Labute approximate surface area is 145 Å². The van der Waals surface area contributed by atoms with E-state index in [1.165, 1.54) is 22.0 Å². The van der Waals surface area contributed by atoms with Gasteiger partial charge in [0.2, 0.25) is 0 Å². The maximum Gasteiger partial charge on any atom is 0.251 e. The third-order valence-corrected chi connectivity index (χ3v) is 4.83. The van der Waals surface area contributed by atoms with Gasteiger partial charge in [-0.15, -0.1) is 11.3 Å². The molecule has 5 nitrogen and oxygen atoms in total. The summed E-state index contributed by atoms with van der Waals surface area (Å²) in [6, 6.07) is 4.95. The smallest absolute Gasteiger partial charge is 0.251 e. The van der Waals surface area contributed by atoms with Crippen LogP contribution in [0.25, 0.3) is 5.13 Å². The lowest BCUT2D eigenvalue weighted by Gasteiger charge is -2.07. The lowest BCUT2D eigenvalue weighted by Crippen LogP contribution is -2.23. The number of hydrogen-bond acceptors (Lipinski definition) is 4. The van der Waals surface area contributed by atoms with E-state index < -0.39 is 0 Å². The van der Waals surface area contributed by atoms with Crippen LogP contribution < -0.4 is 5.56 Å². The molecule has 118 valence electrons. The number of aromatic nitrogens is 3. The lowest BCUT2D eigenvalue weighted by molar-refractivity contribution is 0.0970. The van der Waals surface area contributed by atoms with E-state index in [2.05, 4.69) is 20.9 Å². The Bertz CT molecular complexity index is 925. The normalized spacial score (nSPS) is 10.9. The number of hydrogen-bond donors (Lipinski definition) is 0. The second-order valence-electron chi connectivity index (χ2n) is 5.17. The summed E-state index contributed by atoms with van der Waals surface area (Å²) < 4.78 is 4.13. The molecule has 0 aromatic carbocycles. The fraction of sp³-hybridized carbons (Fsp3) is 0.188. The molecule has 0 unspecified atom stereocenters. The standard InChI is InChI=1S/C16H14BrN3O2S/c1-10-7-13(11(2)20(10)16-18-5-6-23-16)14(21)9-19-8-12(17)3-4-15(19)22/h3-8H,9H2,1-2H3. The molecule has 3 rings (SSSR count). The van der Waals surface area contributed by atoms with Crippen molar-refractivity contribution >= 4 is 33.0 Å². The molecule has 0 aliphatic heterocycles. The molecule has 0 aliphatic rings. The van der Waals surface area contributed by atoms with Gasteiger partial charge in [-0.25, -0.2) is 4.98 Å². The zero-order valence-corrected chi connectivity index (χ0v) is 15.0. The van der Waals surface area contributed by atoms with Gasteiger partial charge in [0, 0.05) is 45.3 Å². The molecule has 0 aliphatic carbocycles. The predicted molar refractivity (Wildman–Crippen MR) is 93.6 cm³/mol. The molecule has 3 heterocycles. The van der Waals surface area contributed by atoms with Gasteiger partial charge < -0.3 is 4.57 Å². The molecule has 3 aromatic heterocycles. The monoisotopic (exact) mass is 391 g/mol. The number of thiazole rings is 1. The summed E-state index contributed by atoms with van der Waals surface area (Å²) in [6.07, 6.45) is 3.36. The SMILES string of the molecule is Cc1cc(C(=O)Cn2cc(Br)ccc2=O)c(C)n1-c1nccs1. The van der Waals surface area contributed by atoms with Crippen molar-refractivity contribution in [2.75, 3.05) is 0 Å². The number of carbonyl (C=O) groups excluding carboxylic acids is 1. The quantitative estimate of drug-likeness (QED) is 0.640. The summed E-state index contributed by atoms with van der Waals surface area (Å²) >= 11 is 4.83. The first-order chi connectivity index (χ1) is 11.0. The molecule has 0 radical (unpaired) electrons.